The number of rotatable bonds is 5. The van der Waals surface area contributed by atoms with Crippen LogP contribution in [0, 0.1) is 11.6 Å². The van der Waals surface area contributed by atoms with E-state index in [9.17, 15) is 13.6 Å². The standard InChI is InChI=1S/C16H13F2N5O/c17-11-7-5-10(6-8-11)9-12(15-20-22-23-21-15)16(24)19-14-4-2-1-3-13(14)18/h1-8,12H,9H2,(H,19,24)(H,20,21,22,23). The Morgan fingerprint density at radius 2 is 1.88 bits per heavy atom. The Balaban J connectivity index is 1.83. The molecule has 0 aliphatic carbocycles. The first-order chi connectivity index (χ1) is 11.6. The molecule has 2 aromatic carbocycles. The Kier molecular flexibility index (Phi) is 4.55. The highest BCUT2D eigenvalue weighted by atomic mass is 19.1. The summed E-state index contributed by atoms with van der Waals surface area (Å²) in [5.41, 5.74) is 0.782. The zero-order valence-corrected chi connectivity index (χ0v) is 12.4. The van der Waals surface area contributed by atoms with E-state index in [1.54, 1.807) is 18.2 Å². The molecule has 122 valence electrons. The highest BCUT2D eigenvalue weighted by Gasteiger charge is 2.26. The summed E-state index contributed by atoms with van der Waals surface area (Å²) in [5.74, 6) is -2.02. The molecule has 3 rings (SSSR count). The molecule has 1 amide bonds. The first-order valence-electron chi connectivity index (χ1n) is 7.16. The average Bonchev–Trinajstić information content (AvgIpc) is 3.10. The van der Waals surface area contributed by atoms with Crippen molar-refractivity contribution in [2.24, 2.45) is 0 Å². The summed E-state index contributed by atoms with van der Waals surface area (Å²) < 4.78 is 26.7. The Morgan fingerprint density at radius 1 is 1.12 bits per heavy atom. The fourth-order valence-corrected chi connectivity index (χ4v) is 2.26. The zero-order chi connectivity index (χ0) is 16.9. The molecule has 0 saturated heterocycles. The summed E-state index contributed by atoms with van der Waals surface area (Å²) in [7, 11) is 0. The van der Waals surface area contributed by atoms with Gasteiger partial charge in [0.05, 0.1) is 5.69 Å². The van der Waals surface area contributed by atoms with Gasteiger partial charge in [0.1, 0.15) is 17.6 Å². The van der Waals surface area contributed by atoms with Gasteiger partial charge in [0.2, 0.25) is 5.91 Å². The molecule has 1 heterocycles. The van der Waals surface area contributed by atoms with E-state index in [1.807, 2.05) is 0 Å². The van der Waals surface area contributed by atoms with Gasteiger partial charge in [0.25, 0.3) is 0 Å². The van der Waals surface area contributed by atoms with E-state index in [-0.39, 0.29) is 23.7 Å². The van der Waals surface area contributed by atoms with Crippen molar-refractivity contribution in [2.45, 2.75) is 12.3 Å². The lowest BCUT2D eigenvalue weighted by Gasteiger charge is -2.14. The van der Waals surface area contributed by atoms with Crippen LogP contribution < -0.4 is 5.32 Å². The van der Waals surface area contributed by atoms with Crippen LogP contribution in [0.3, 0.4) is 0 Å². The van der Waals surface area contributed by atoms with Gasteiger partial charge in [-0.3, -0.25) is 4.79 Å². The quantitative estimate of drug-likeness (QED) is 0.753. The third kappa shape index (κ3) is 3.60. The number of carbonyl (C=O) groups is 1. The topological polar surface area (TPSA) is 83.6 Å². The van der Waals surface area contributed by atoms with Crippen molar-refractivity contribution in [2.75, 3.05) is 5.32 Å². The summed E-state index contributed by atoms with van der Waals surface area (Å²) in [6.45, 7) is 0. The van der Waals surface area contributed by atoms with Gasteiger partial charge in [0.15, 0.2) is 5.82 Å². The Labute approximate surface area is 135 Å². The Bertz CT molecular complexity index is 821. The molecule has 6 nitrogen and oxygen atoms in total. The largest absolute Gasteiger partial charge is 0.323 e. The molecule has 1 unspecified atom stereocenters. The maximum absolute atomic E-state index is 13.7. The fourth-order valence-electron chi connectivity index (χ4n) is 2.26. The summed E-state index contributed by atoms with van der Waals surface area (Å²) >= 11 is 0. The maximum atomic E-state index is 13.7. The van der Waals surface area contributed by atoms with Crippen molar-refractivity contribution in [3.05, 3.63) is 71.6 Å². The highest BCUT2D eigenvalue weighted by molar-refractivity contribution is 5.95. The molecule has 0 aliphatic heterocycles. The molecule has 1 atom stereocenters. The number of H-pyrrole nitrogens is 1. The first-order valence-corrected chi connectivity index (χ1v) is 7.16. The van der Waals surface area contributed by atoms with E-state index in [2.05, 4.69) is 25.9 Å². The molecule has 0 fully saturated rings. The highest BCUT2D eigenvalue weighted by Crippen LogP contribution is 2.21. The zero-order valence-electron chi connectivity index (χ0n) is 12.4. The van der Waals surface area contributed by atoms with Crippen LogP contribution in [0.4, 0.5) is 14.5 Å². The van der Waals surface area contributed by atoms with Crippen molar-refractivity contribution in [1.82, 2.24) is 20.6 Å². The van der Waals surface area contributed by atoms with E-state index in [0.29, 0.717) is 0 Å². The van der Waals surface area contributed by atoms with E-state index in [1.165, 1.54) is 30.3 Å². The predicted molar refractivity (Wildman–Crippen MR) is 82.1 cm³/mol. The van der Waals surface area contributed by atoms with Crippen LogP contribution in [0.15, 0.2) is 48.5 Å². The molecule has 3 aromatic rings. The van der Waals surface area contributed by atoms with Crippen molar-refractivity contribution in [1.29, 1.82) is 0 Å². The lowest BCUT2D eigenvalue weighted by atomic mass is 9.97. The number of tetrazole rings is 1. The van der Waals surface area contributed by atoms with Crippen LogP contribution in [0.1, 0.15) is 17.3 Å². The molecule has 2 N–H and O–H groups in total. The number of nitrogens with zero attached hydrogens (tertiary/aromatic N) is 3. The van der Waals surface area contributed by atoms with Gasteiger partial charge in [0, 0.05) is 0 Å². The lowest BCUT2D eigenvalue weighted by molar-refractivity contribution is -0.117. The molecule has 1 aromatic heterocycles. The number of aromatic nitrogens is 4. The average molecular weight is 329 g/mol. The third-order valence-corrected chi connectivity index (χ3v) is 3.47. The number of benzene rings is 2. The number of para-hydroxylation sites is 1. The Morgan fingerprint density at radius 3 is 2.54 bits per heavy atom. The second kappa shape index (κ2) is 6.95. The van der Waals surface area contributed by atoms with E-state index in [4.69, 9.17) is 0 Å². The fraction of sp³-hybridized carbons (Fsp3) is 0.125. The minimum atomic E-state index is -0.797. The normalized spacial score (nSPS) is 11.9. The van der Waals surface area contributed by atoms with Crippen LogP contribution in [0.2, 0.25) is 0 Å². The van der Waals surface area contributed by atoms with Gasteiger partial charge >= 0.3 is 0 Å². The van der Waals surface area contributed by atoms with Gasteiger partial charge in [-0.1, -0.05) is 29.5 Å². The van der Waals surface area contributed by atoms with E-state index < -0.39 is 17.6 Å². The summed E-state index contributed by atoms with van der Waals surface area (Å²) in [5, 5.41) is 15.9. The molecule has 0 radical (unpaired) electrons. The third-order valence-electron chi connectivity index (χ3n) is 3.47. The summed E-state index contributed by atoms with van der Waals surface area (Å²) in [4.78, 5) is 12.6. The van der Waals surface area contributed by atoms with Crippen LogP contribution in [0.5, 0.6) is 0 Å². The Hall–Kier alpha value is -3.16. The van der Waals surface area contributed by atoms with E-state index >= 15 is 0 Å². The van der Waals surface area contributed by atoms with Crippen molar-refractivity contribution in [3.8, 4) is 0 Å². The number of hydrogen-bond acceptors (Lipinski definition) is 4. The second-order valence-electron chi connectivity index (χ2n) is 5.12. The number of hydrogen-bond donors (Lipinski definition) is 2. The number of amides is 1. The molecular formula is C16H13F2N5O. The van der Waals surface area contributed by atoms with Gasteiger partial charge in [-0.25, -0.2) is 8.78 Å². The molecule has 0 saturated carbocycles. The minimum absolute atomic E-state index is 0.0649. The van der Waals surface area contributed by atoms with Crippen LogP contribution in [0.25, 0.3) is 0 Å². The minimum Gasteiger partial charge on any atom is -0.323 e. The van der Waals surface area contributed by atoms with Gasteiger partial charge < -0.3 is 5.32 Å². The van der Waals surface area contributed by atoms with Crippen molar-refractivity contribution < 1.29 is 13.6 Å². The molecule has 0 aliphatic rings. The first kappa shape index (κ1) is 15.7. The van der Waals surface area contributed by atoms with Gasteiger partial charge in [-0.05, 0) is 36.2 Å². The number of aromatic amines is 1. The smallest absolute Gasteiger partial charge is 0.235 e. The predicted octanol–water partition coefficient (Wildman–Crippen LogP) is 2.44. The molecule has 0 spiro atoms. The number of carbonyl (C=O) groups excluding carboxylic acids is 1. The van der Waals surface area contributed by atoms with Crippen LogP contribution >= 0.6 is 0 Å². The number of nitrogens with one attached hydrogen (secondary N) is 2. The van der Waals surface area contributed by atoms with Gasteiger partial charge in [-0.15, -0.1) is 10.2 Å². The van der Waals surface area contributed by atoms with Crippen LogP contribution in [-0.4, -0.2) is 26.5 Å². The van der Waals surface area contributed by atoms with Crippen LogP contribution in [-0.2, 0) is 11.2 Å². The van der Waals surface area contributed by atoms with E-state index in [0.717, 1.165) is 5.56 Å². The molecule has 0 bridgehead atoms. The van der Waals surface area contributed by atoms with Crippen molar-refractivity contribution in [3.63, 3.8) is 0 Å². The molecular weight excluding hydrogens is 316 g/mol. The lowest BCUT2D eigenvalue weighted by Crippen LogP contribution is -2.24. The number of anilines is 1. The molecule has 24 heavy (non-hydrogen) atoms. The summed E-state index contributed by atoms with van der Waals surface area (Å²) in [6, 6.07) is 11.6. The SMILES string of the molecule is O=C(Nc1ccccc1F)C(Cc1ccc(F)cc1)c1nn[nH]n1. The monoisotopic (exact) mass is 329 g/mol. The summed E-state index contributed by atoms with van der Waals surface area (Å²) in [6.07, 6.45) is 0.222. The molecule has 8 heteroatoms. The van der Waals surface area contributed by atoms with Gasteiger partial charge in [-0.2, -0.15) is 5.21 Å². The van der Waals surface area contributed by atoms with Crippen molar-refractivity contribution >= 4 is 11.6 Å². The maximum Gasteiger partial charge on any atom is 0.235 e. The number of halogens is 2. The second-order valence-corrected chi connectivity index (χ2v) is 5.12.